The van der Waals surface area contributed by atoms with Crippen LogP contribution in [-0.2, 0) is 0 Å². The molecular formula is C16H17N3. The van der Waals surface area contributed by atoms with Crippen molar-refractivity contribution in [3.05, 3.63) is 54.4 Å². The Bertz CT molecular complexity index is 613. The Morgan fingerprint density at radius 1 is 1.26 bits per heavy atom. The van der Waals surface area contributed by atoms with Crippen LogP contribution in [0, 0.1) is 0 Å². The quantitative estimate of drug-likeness (QED) is 0.671. The Morgan fingerprint density at radius 3 is 2.74 bits per heavy atom. The third-order valence-electron chi connectivity index (χ3n) is 2.86. The monoisotopic (exact) mass is 251 g/mol. The predicted octanol–water partition coefficient (Wildman–Crippen LogP) is 3.43. The molecule has 0 aliphatic heterocycles. The summed E-state index contributed by atoms with van der Waals surface area (Å²) in [6, 6.07) is 9.95. The van der Waals surface area contributed by atoms with Crippen LogP contribution in [-0.4, -0.2) is 18.2 Å². The number of benzene rings is 1. The van der Waals surface area contributed by atoms with Gasteiger partial charge in [-0.1, -0.05) is 12.1 Å². The smallest absolute Gasteiger partial charge is 0.0346 e. The molecule has 3 nitrogen and oxygen atoms in total. The number of hydrogen-bond donors (Lipinski definition) is 1. The van der Waals surface area contributed by atoms with Gasteiger partial charge in [-0.2, -0.15) is 0 Å². The number of hydrogen-bond acceptors (Lipinski definition) is 3. The first-order chi connectivity index (χ1) is 9.24. The fourth-order valence-electron chi connectivity index (χ4n) is 1.97. The Hall–Kier alpha value is -2.42. The molecule has 1 aromatic carbocycles. The second kappa shape index (κ2) is 5.96. The van der Waals surface area contributed by atoms with E-state index in [1.54, 1.807) is 13.2 Å². The summed E-state index contributed by atoms with van der Waals surface area (Å²) in [5, 5.41) is 0. The third-order valence-corrected chi connectivity index (χ3v) is 2.86. The summed E-state index contributed by atoms with van der Waals surface area (Å²) in [5.74, 6) is 0. The highest BCUT2D eigenvalue weighted by Crippen LogP contribution is 2.26. The van der Waals surface area contributed by atoms with E-state index in [4.69, 9.17) is 5.73 Å². The minimum absolute atomic E-state index is 0.736. The highest BCUT2D eigenvalue weighted by atomic mass is 14.6. The SMILES string of the molecule is C/C=C(\C=N/C)c1cc(N)cc(-c2cccnc2)c1. The van der Waals surface area contributed by atoms with Crippen LogP contribution < -0.4 is 5.73 Å². The average Bonchev–Trinajstić information content (AvgIpc) is 2.45. The molecule has 0 atom stereocenters. The normalized spacial score (nSPS) is 12.0. The molecule has 0 amide bonds. The lowest BCUT2D eigenvalue weighted by atomic mass is 9.99. The number of allylic oxidation sites excluding steroid dienone is 2. The standard InChI is InChI=1S/C16H17N3/c1-3-12(10-18-2)14-7-15(9-16(17)8-14)13-5-4-6-19-11-13/h3-11H,17H2,1-2H3/b12-3+,18-10-. The first-order valence-corrected chi connectivity index (χ1v) is 6.14. The van der Waals surface area contributed by atoms with Gasteiger partial charge in [-0.05, 0) is 47.9 Å². The molecule has 0 unspecified atom stereocenters. The van der Waals surface area contributed by atoms with E-state index >= 15 is 0 Å². The van der Waals surface area contributed by atoms with Gasteiger partial charge in [0.25, 0.3) is 0 Å². The molecule has 0 radical (unpaired) electrons. The third kappa shape index (κ3) is 3.07. The van der Waals surface area contributed by atoms with Crippen molar-refractivity contribution in [3.63, 3.8) is 0 Å². The predicted molar refractivity (Wildman–Crippen MR) is 82.2 cm³/mol. The number of rotatable bonds is 3. The zero-order chi connectivity index (χ0) is 13.7. The molecule has 0 fully saturated rings. The Labute approximate surface area is 113 Å². The van der Waals surface area contributed by atoms with Gasteiger partial charge in [0.05, 0.1) is 0 Å². The first kappa shape index (κ1) is 13.0. The van der Waals surface area contributed by atoms with Crippen LogP contribution >= 0.6 is 0 Å². The average molecular weight is 251 g/mol. The topological polar surface area (TPSA) is 51.3 Å². The summed E-state index contributed by atoms with van der Waals surface area (Å²) in [6.45, 7) is 1.99. The Balaban J connectivity index is 2.52. The van der Waals surface area contributed by atoms with Crippen molar-refractivity contribution in [2.24, 2.45) is 4.99 Å². The minimum Gasteiger partial charge on any atom is -0.399 e. The summed E-state index contributed by atoms with van der Waals surface area (Å²) in [5.41, 5.74) is 11.0. The number of nitrogens with two attached hydrogens (primary N) is 1. The van der Waals surface area contributed by atoms with Gasteiger partial charge in [0.15, 0.2) is 0 Å². The van der Waals surface area contributed by atoms with Crippen molar-refractivity contribution in [2.45, 2.75) is 6.92 Å². The molecule has 0 aliphatic rings. The lowest BCUT2D eigenvalue weighted by Crippen LogP contribution is -1.92. The number of nitrogen functional groups attached to an aromatic ring is 1. The number of nitrogens with zero attached hydrogens (tertiary/aromatic N) is 2. The van der Waals surface area contributed by atoms with Gasteiger partial charge in [0, 0.05) is 36.9 Å². The molecule has 1 aromatic heterocycles. The van der Waals surface area contributed by atoms with Crippen LogP contribution in [0.4, 0.5) is 5.69 Å². The van der Waals surface area contributed by atoms with Crippen LogP contribution in [0.5, 0.6) is 0 Å². The molecular weight excluding hydrogens is 234 g/mol. The van der Waals surface area contributed by atoms with Gasteiger partial charge in [-0.15, -0.1) is 0 Å². The van der Waals surface area contributed by atoms with E-state index in [0.29, 0.717) is 0 Å². The number of pyridine rings is 1. The molecule has 2 N–H and O–H groups in total. The summed E-state index contributed by atoms with van der Waals surface area (Å²) < 4.78 is 0. The Kier molecular flexibility index (Phi) is 4.08. The molecule has 2 aromatic rings. The van der Waals surface area contributed by atoms with Crippen molar-refractivity contribution in [3.8, 4) is 11.1 Å². The van der Waals surface area contributed by atoms with Crippen LogP contribution in [0.3, 0.4) is 0 Å². The zero-order valence-electron chi connectivity index (χ0n) is 11.2. The number of aliphatic imine (C=N–C) groups is 1. The molecule has 3 heteroatoms. The second-order valence-corrected chi connectivity index (χ2v) is 4.22. The van der Waals surface area contributed by atoms with Crippen LogP contribution in [0.1, 0.15) is 12.5 Å². The van der Waals surface area contributed by atoms with Crippen LogP contribution in [0.15, 0.2) is 53.8 Å². The summed E-state index contributed by atoms with van der Waals surface area (Å²) in [4.78, 5) is 8.21. The molecule has 0 aliphatic carbocycles. The molecule has 0 saturated heterocycles. The molecule has 0 spiro atoms. The summed E-state index contributed by atoms with van der Waals surface area (Å²) in [7, 11) is 1.76. The van der Waals surface area contributed by atoms with E-state index in [1.165, 1.54) is 0 Å². The number of aromatic nitrogens is 1. The highest BCUT2D eigenvalue weighted by Gasteiger charge is 2.04. The molecule has 0 bridgehead atoms. The van der Waals surface area contributed by atoms with Gasteiger partial charge >= 0.3 is 0 Å². The van der Waals surface area contributed by atoms with Gasteiger partial charge in [-0.3, -0.25) is 9.98 Å². The van der Waals surface area contributed by atoms with Crippen LogP contribution in [0.2, 0.25) is 0 Å². The zero-order valence-corrected chi connectivity index (χ0v) is 11.2. The van der Waals surface area contributed by atoms with Crippen molar-refractivity contribution in [1.82, 2.24) is 4.98 Å². The van der Waals surface area contributed by atoms with Gasteiger partial charge in [0.1, 0.15) is 0 Å². The summed E-state index contributed by atoms with van der Waals surface area (Å²) in [6.07, 6.45) is 7.45. The van der Waals surface area contributed by atoms with E-state index in [1.807, 2.05) is 49.7 Å². The highest BCUT2D eigenvalue weighted by molar-refractivity contribution is 6.10. The fraction of sp³-hybridized carbons (Fsp3) is 0.125. The maximum atomic E-state index is 5.99. The first-order valence-electron chi connectivity index (χ1n) is 6.14. The van der Waals surface area contributed by atoms with E-state index < -0.39 is 0 Å². The van der Waals surface area contributed by atoms with Crippen molar-refractivity contribution < 1.29 is 0 Å². The van der Waals surface area contributed by atoms with Crippen molar-refractivity contribution >= 4 is 17.5 Å². The fourth-order valence-corrected chi connectivity index (χ4v) is 1.97. The van der Waals surface area contributed by atoms with E-state index in [2.05, 4.69) is 16.0 Å². The van der Waals surface area contributed by atoms with Gasteiger partial charge < -0.3 is 5.73 Å². The van der Waals surface area contributed by atoms with E-state index in [-0.39, 0.29) is 0 Å². The van der Waals surface area contributed by atoms with Crippen LogP contribution in [0.25, 0.3) is 16.7 Å². The lowest BCUT2D eigenvalue weighted by molar-refractivity contribution is 1.33. The molecule has 0 saturated carbocycles. The van der Waals surface area contributed by atoms with E-state index in [0.717, 1.165) is 28.0 Å². The summed E-state index contributed by atoms with van der Waals surface area (Å²) >= 11 is 0. The lowest BCUT2D eigenvalue weighted by Gasteiger charge is -2.08. The largest absolute Gasteiger partial charge is 0.399 e. The van der Waals surface area contributed by atoms with Gasteiger partial charge in [0.2, 0.25) is 0 Å². The maximum absolute atomic E-state index is 5.99. The molecule has 2 rings (SSSR count). The molecule has 19 heavy (non-hydrogen) atoms. The number of anilines is 1. The van der Waals surface area contributed by atoms with Crippen molar-refractivity contribution in [1.29, 1.82) is 0 Å². The van der Waals surface area contributed by atoms with E-state index in [9.17, 15) is 0 Å². The maximum Gasteiger partial charge on any atom is 0.0346 e. The Morgan fingerprint density at radius 2 is 2.11 bits per heavy atom. The van der Waals surface area contributed by atoms with Gasteiger partial charge in [-0.25, -0.2) is 0 Å². The van der Waals surface area contributed by atoms with Crippen molar-refractivity contribution in [2.75, 3.05) is 12.8 Å². The minimum atomic E-state index is 0.736. The molecule has 96 valence electrons. The second-order valence-electron chi connectivity index (χ2n) is 4.22. The molecule has 1 heterocycles.